The van der Waals surface area contributed by atoms with Gasteiger partial charge in [-0.05, 0) is 26.2 Å². The third-order valence-electron chi connectivity index (χ3n) is 2.21. The van der Waals surface area contributed by atoms with Crippen molar-refractivity contribution in [3.05, 3.63) is 29.8 Å². The van der Waals surface area contributed by atoms with E-state index in [9.17, 15) is 4.79 Å². The van der Waals surface area contributed by atoms with E-state index in [1.807, 2.05) is 26.2 Å². The lowest BCUT2D eigenvalue weighted by Crippen LogP contribution is -2.24. The Morgan fingerprint density at radius 3 is 2.81 bits per heavy atom. The number of nitrogens with zero attached hydrogens (tertiary/aromatic N) is 1. The molecule has 0 spiro atoms. The van der Waals surface area contributed by atoms with E-state index in [0.717, 1.165) is 18.6 Å². The summed E-state index contributed by atoms with van der Waals surface area (Å²) in [4.78, 5) is 12.7. The molecule has 1 aromatic rings. The molecule has 3 heteroatoms. The third-order valence-corrected chi connectivity index (χ3v) is 2.21. The van der Waals surface area contributed by atoms with Gasteiger partial charge in [-0.2, -0.15) is 0 Å². The van der Waals surface area contributed by atoms with Crippen molar-refractivity contribution in [2.45, 2.75) is 6.92 Å². The summed E-state index contributed by atoms with van der Waals surface area (Å²) in [5, 5.41) is 0. The van der Waals surface area contributed by atoms with Crippen LogP contribution in [0, 0.1) is 5.92 Å². The summed E-state index contributed by atoms with van der Waals surface area (Å²) in [5.41, 5.74) is 0.651. The summed E-state index contributed by atoms with van der Waals surface area (Å²) < 4.78 is 5.63. The summed E-state index contributed by atoms with van der Waals surface area (Å²) in [6, 6.07) is 7.23. The molecule has 1 aromatic carbocycles. The fourth-order valence-corrected chi connectivity index (χ4v) is 1.59. The smallest absolute Gasteiger partial charge is 0.150 e. The first-order chi connectivity index (χ1) is 7.61. The van der Waals surface area contributed by atoms with Gasteiger partial charge in [-0.25, -0.2) is 0 Å². The van der Waals surface area contributed by atoms with Gasteiger partial charge in [0.05, 0.1) is 6.61 Å². The van der Waals surface area contributed by atoms with Gasteiger partial charge in [0.15, 0.2) is 0 Å². The molecule has 0 saturated carbocycles. The van der Waals surface area contributed by atoms with Gasteiger partial charge in [-0.1, -0.05) is 19.1 Å². The van der Waals surface area contributed by atoms with Crippen molar-refractivity contribution in [3.63, 3.8) is 0 Å². The van der Waals surface area contributed by atoms with Crippen LogP contribution in [0.2, 0.25) is 0 Å². The molecule has 0 radical (unpaired) electrons. The second kappa shape index (κ2) is 6.28. The second-order valence-electron chi connectivity index (χ2n) is 4.37. The van der Waals surface area contributed by atoms with Crippen LogP contribution in [0.25, 0.3) is 0 Å². The average Bonchev–Trinajstić information content (AvgIpc) is 2.26. The lowest BCUT2D eigenvalue weighted by molar-refractivity contribution is 0.112. The van der Waals surface area contributed by atoms with Gasteiger partial charge in [-0.15, -0.1) is 0 Å². The highest BCUT2D eigenvalue weighted by Crippen LogP contribution is 2.13. The quantitative estimate of drug-likeness (QED) is 0.689. The minimum atomic E-state index is 0.467. The fraction of sp³-hybridized carbons (Fsp3) is 0.462. The van der Waals surface area contributed by atoms with Gasteiger partial charge in [0.1, 0.15) is 12.0 Å². The number of benzene rings is 1. The van der Waals surface area contributed by atoms with Crippen LogP contribution in [0.15, 0.2) is 24.3 Å². The summed E-state index contributed by atoms with van der Waals surface area (Å²) in [6.45, 7) is 3.80. The lowest BCUT2D eigenvalue weighted by atomic mass is 10.2. The maximum absolute atomic E-state index is 10.6. The molecule has 1 unspecified atom stereocenters. The summed E-state index contributed by atoms with van der Waals surface area (Å²) in [6.07, 6.45) is 0.829. The van der Waals surface area contributed by atoms with Crippen molar-refractivity contribution in [3.8, 4) is 5.75 Å². The van der Waals surface area contributed by atoms with Crippen LogP contribution >= 0.6 is 0 Å². The Balaban J connectivity index is 2.44. The topological polar surface area (TPSA) is 29.5 Å². The highest BCUT2D eigenvalue weighted by molar-refractivity contribution is 5.75. The minimum Gasteiger partial charge on any atom is -0.493 e. The van der Waals surface area contributed by atoms with Crippen LogP contribution in [0.3, 0.4) is 0 Å². The summed E-state index contributed by atoms with van der Waals surface area (Å²) in [5.74, 6) is 1.23. The zero-order chi connectivity index (χ0) is 12.0. The van der Waals surface area contributed by atoms with Crippen molar-refractivity contribution in [1.82, 2.24) is 4.90 Å². The molecule has 0 heterocycles. The first-order valence-electron chi connectivity index (χ1n) is 5.44. The molecular formula is C13H19NO2. The molecule has 0 fully saturated rings. The van der Waals surface area contributed by atoms with Crippen LogP contribution < -0.4 is 4.74 Å². The Bertz CT molecular complexity index is 336. The molecule has 1 rings (SSSR count). The third kappa shape index (κ3) is 4.45. The summed E-state index contributed by atoms with van der Waals surface area (Å²) in [7, 11) is 4.09. The van der Waals surface area contributed by atoms with Gasteiger partial charge < -0.3 is 9.64 Å². The second-order valence-corrected chi connectivity index (χ2v) is 4.37. The number of rotatable bonds is 6. The van der Waals surface area contributed by atoms with Crippen molar-refractivity contribution in [2.24, 2.45) is 5.92 Å². The van der Waals surface area contributed by atoms with Crippen LogP contribution in [0.4, 0.5) is 0 Å². The number of carbonyl (C=O) groups is 1. The molecule has 0 N–H and O–H groups in total. The van der Waals surface area contributed by atoms with Gasteiger partial charge in [0, 0.05) is 18.0 Å². The largest absolute Gasteiger partial charge is 0.493 e. The molecule has 88 valence electrons. The normalized spacial score (nSPS) is 12.5. The average molecular weight is 221 g/mol. The van der Waals surface area contributed by atoms with Crippen molar-refractivity contribution in [1.29, 1.82) is 0 Å². The molecule has 0 saturated heterocycles. The first-order valence-corrected chi connectivity index (χ1v) is 5.44. The molecule has 0 aliphatic heterocycles. The molecule has 0 bridgehead atoms. The van der Waals surface area contributed by atoms with Gasteiger partial charge >= 0.3 is 0 Å². The molecule has 3 nitrogen and oxygen atoms in total. The van der Waals surface area contributed by atoms with Crippen LogP contribution in [-0.2, 0) is 0 Å². The van der Waals surface area contributed by atoms with Crippen molar-refractivity contribution < 1.29 is 9.53 Å². The Morgan fingerprint density at radius 1 is 1.44 bits per heavy atom. The van der Waals surface area contributed by atoms with E-state index in [-0.39, 0.29) is 0 Å². The SMILES string of the molecule is CC(COc1cccc(C=O)c1)CN(C)C. The summed E-state index contributed by atoms with van der Waals surface area (Å²) >= 11 is 0. The zero-order valence-corrected chi connectivity index (χ0v) is 10.1. The van der Waals surface area contributed by atoms with Gasteiger partial charge in [-0.3, -0.25) is 4.79 Å². The Morgan fingerprint density at radius 2 is 2.19 bits per heavy atom. The van der Waals surface area contributed by atoms with Gasteiger partial charge in [0.2, 0.25) is 0 Å². The molecule has 0 aromatic heterocycles. The Labute approximate surface area is 97.0 Å². The highest BCUT2D eigenvalue weighted by atomic mass is 16.5. The highest BCUT2D eigenvalue weighted by Gasteiger charge is 2.04. The maximum Gasteiger partial charge on any atom is 0.150 e. The minimum absolute atomic E-state index is 0.467. The number of carbonyl (C=O) groups excluding carboxylic acids is 1. The van der Waals surface area contributed by atoms with Gasteiger partial charge in [0.25, 0.3) is 0 Å². The van der Waals surface area contributed by atoms with E-state index in [1.54, 1.807) is 12.1 Å². The molecular weight excluding hydrogens is 202 g/mol. The van der Waals surface area contributed by atoms with Crippen LogP contribution in [0.1, 0.15) is 17.3 Å². The molecule has 0 aliphatic rings. The van der Waals surface area contributed by atoms with Crippen LogP contribution in [0.5, 0.6) is 5.75 Å². The van der Waals surface area contributed by atoms with E-state index in [1.165, 1.54) is 0 Å². The predicted molar refractivity (Wildman–Crippen MR) is 65.0 cm³/mol. The van der Waals surface area contributed by atoms with E-state index in [2.05, 4.69) is 11.8 Å². The standard InChI is InChI=1S/C13H19NO2/c1-11(8-14(2)3)10-16-13-6-4-5-12(7-13)9-15/h4-7,9,11H,8,10H2,1-3H3. The fourth-order valence-electron chi connectivity index (χ4n) is 1.59. The lowest BCUT2D eigenvalue weighted by Gasteiger charge is -2.17. The Hall–Kier alpha value is -1.35. The van der Waals surface area contributed by atoms with Crippen LogP contribution in [-0.4, -0.2) is 38.4 Å². The van der Waals surface area contributed by atoms with Crippen molar-refractivity contribution in [2.75, 3.05) is 27.2 Å². The number of ether oxygens (including phenoxy) is 1. The molecule has 0 aliphatic carbocycles. The molecule has 16 heavy (non-hydrogen) atoms. The predicted octanol–water partition coefficient (Wildman–Crippen LogP) is 2.08. The van der Waals surface area contributed by atoms with E-state index in [0.29, 0.717) is 18.1 Å². The number of hydrogen-bond donors (Lipinski definition) is 0. The Kier molecular flexibility index (Phi) is 4.99. The van der Waals surface area contributed by atoms with Crippen molar-refractivity contribution >= 4 is 6.29 Å². The number of aldehydes is 1. The zero-order valence-electron chi connectivity index (χ0n) is 10.1. The first kappa shape index (κ1) is 12.7. The van der Waals surface area contributed by atoms with E-state index < -0.39 is 0 Å². The van der Waals surface area contributed by atoms with E-state index in [4.69, 9.17) is 4.74 Å². The number of hydrogen-bond acceptors (Lipinski definition) is 3. The monoisotopic (exact) mass is 221 g/mol. The maximum atomic E-state index is 10.6. The van der Waals surface area contributed by atoms with E-state index >= 15 is 0 Å². The molecule has 0 amide bonds. The molecule has 1 atom stereocenters.